The Kier molecular flexibility index (Phi) is 6.08. The van der Waals surface area contributed by atoms with E-state index in [4.69, 9.17) is 4.74 Å². The van der Waals surface area contributed by atoms with Crippen LogP contribution in [0.3, 0.4) is 0 Å². The number of hydrogen-bond donors (Lipinski definition) is 0. The van der Waals surface area contributed by atoms with Crippen molar-refractivity contribution in [3.63, 3.8) is 0 Å². The molecule has 0 saturated carbocycles. The zero-order valence-corrected chi connectivity index (χ0v) is 10.7. The molecule has 1 aromatic carbocycles. The number of ether oxygens (including phenoxy) is 2. The van der Waals surface area contributed by atoms with Crippen molar-refractivity contribution in [1.29, 1.82) is 0 Å². The average molecular weight is 250 g/mol. The van der Waals surface area contributed by atoms with Gasteiger partial charge in [0.25, 0.3) is 0 Å². The van der Waals surface area contributed by atoms with Crippen LogP contribution in [0.4, 0.5) is 0 Å². The Morgan fingerprint density at radius 1 is 1.22 bits per heavy atom. The van der Waals surface area contributed by atoms with Gasteiger partial charge < -0.3 is 9.47 Å². The first kappa shape index (κ1) is 14.4. The number of esters is 1. The molecule has 1 unspecified atom stereocenters. The molecule has 1 rings (SSSR count). The first-order valence-corrected chi connectivity index (χ1v) is 5.84. The molecule has 1 atom stereocenters. The summed E-state index contributed by atoms with van der Waals surface area (Å²) in [7, 11) is 1.27. The molecule has 0 saturated heterocycles. The van der Waals surface area contributed by atoms with Crippen LogP contribution in [0.5, 0.6) is 0 Å². The SMILES string of the molecule is COC(=O)CC(=O)C(C)COCc1ccccc1. The molecule has 98 valence electrons. The fourth-order valence-electron chi connectivity index (χ4n) is 1.41. The van der Waals surface area contributed by atoms with Gasteiger partial charge in [0.15, 0.2) is 0 Å². The van der Waals surface area contributed by atoms with Crippen LogP contribution in [0.25, 0.3) is 0 Å². The third-order valence-corrected chi connectivity index (χ3v) is 2.58. The molecule has 0 aliphatic rings. The molecule has 0 N–H and O–H groups in total. The summed E-state index contributed by atoms with van der Waals surface area (Å²) in [6.45, 7) is 2.53. The minimum atomic E-state index is -0.505. The first-order valence-electron chi connectivity index (χ1n) is 5.84. The average Bonchev–Trinajstić information content (AvgIpc) is 2.39. The van der Waals surface area contributed by atoms with Crippen LogP contribution in [0, 0.1) is 5.92 Å². The van der Waals surface area contributed by atoms with Gasteiger partial charge in [0, 0.05) is 5.92 Å². The number of rotatable bonds is 7. The molecule has 0 aliphatic heterocycles. The van der Waals surface area contributed by atoms with Gasteiger partial charge >= 0.3 is 5.97 Å². The standard InChI is InChI=1S/C14H18O4/c1-11(13(15)8-14(16)17-2)9-18-10-12-6-4-3-5-7-12/h3-7,11H,8-10H2,1-2H3. The summed E-state index contributed by atoms with van der Waals surface area (Å²) in [5.41, 5.74) is 1.06. The van der Waals surface area contributed by atoms with E-state index in [1.807, 2.05) is 30.3 Å². The predicted molar refractivity (Wildman–Crippen MR) is 66.9 cm³/mol. The third-order valence-electron chi connectivity index (χ3n) is 2.58. The normalized spacial score (nSPS) is 11.9. The molecule has 4 heteroatoms. The lowest BCUT2D eigenvalue weighted by molar-refractivity contribution is -0.144. The maximum atomic E-state index is 11.6. The molecule has 1 aromatic rings. The number of carbonyl (C=O) groups is 2. The van der Waals surface area contributed by atoms with Gasteiger partial charge in [-0.2, -0.15) is 0 Å². The Balaban J connectivity index is 2.26. The fraction of sp³-hybridized carbons (Fsp3) is 0.429. The van der Waals surface area contributed by atoms with Crippen LogP contribution in [-0.2, 0) is 25.7 Å². The summed E-state index contributed by atoms with van der Waals surface area (Å²) in [5, 5.41) is 0. The van der Waals surface area contributed by atoms with Crippen molar-refractivity contribution in [2.75, 3.05) is 13.7 Å². The van der Waals surface area contributed by atoms with E-state index < -0.39 is 5.97 Å². The summed E-state index contributed by atoms with van der Waals surface area (Å²) in [6, 6.07) is 9.73. The van der Waals surface area contributed by atoms with Crippen LogP contribution in [0.15, 0.2) is 30.3 Å². The lowest BCUT2D eigenvalue weighted by atomic mass is 10.1. The van der Waals surface area contributed by atoms with E-state index in [-0.39, 0.29) is 18.1 Å². The second-order valence-electron chi connectivity index (χ2n) is 4.12. The highest BCUT2D eigenvalue weighted by Crippen LogP contribution is 2.06. The topological polar surface area (TPSA) is 52.6 Å². The number of carbonyl (C=O) groups excluding carboxylic acids is 2. The van der Waals surface area contributed by atoms with Crippen LogP contribution < -0.4 is 0 Å². The van der Waals surface area contributed by atoms with E-state index in [2.05, 4.69) is 4.74 Å². The Morgan fingerprint density at radius 2 is 1.89 bits per heavy atom. The van der Waals surface area contributed by atoms with Gasteiger partial charge in [0.2, 0.25) is 0 Å². The van der Waals surface area contributed by atoms with E-state index in [1.54, 1.807) is 6.92 Å². The summed E-state index contributed by atoms with van der Waals surface area (Å²) < 4.78 is 9.89. The molecule has 4 nitrogen and oxygen atoms in total. The highest BCUT2D eigenvalue weighted by Gasteiger charge is 2.17. The summed E-state index contributed by atoms with van der Waals surface area (Å²) in [6.07, 6.45) is -0.188. The molecule has 0 heterocycles. The number of methoxy groups -OCH3 is 1. The molecular weight excluding hydrogens is 232 g/mol. The molecule has 0 spiro atoms. The van der Waals surface area contributed by atoms with Crippen molar-refractivity contribution in [3.8, 4) is 0 Å². The maximum Gasteiger partial charge on any atom is 0.313 e. The predicted octanol–water partition coefficient (Wildman–Crippen LogP) is 1.97. The minimum Gasteiger partial charge on any atom is -0.469 e. The second-order valence-corrected chi connectivity index (χ2v) is 4.12. The molecule has 0 amide bonds. The van der Waals surface area contributed by atoms with Gasteiger partial charge in [-0.05, 0) is 5.56 Å². The molecule has 0 radical (unpaired) electrons. The molecule has 0 aromatic heterocycles. The Hall–Kier alpha value is -1.68. The van der Waals surface area contributed by atoms with E-state index in [0.717, 1.165) is 5.56 Å². The van der Waals surface area contributed by atoms with Crippen LogP contribution in [-0.4, -0.2) is 25.5 Å². The molecule has 0 fully saturated rings. The summed E-state index contributed by atoms with van der Waals surface area (Å²) in [4.78, 5) is 22.5. The van der Waals surface area contributed by atoms with Crippen molar-refractivity contribution in [3.05, 3.63) is 35.9 Å². The quantitative estimate of drug-likeness (QED) is 0.548. The lowest BCUT2D eigenvalue weighted by Gasteiger charge is -2.10. The maximum absolute atomic E-state index is 11.6. The van der Waals surface area contributed by atoms with Gasteiger partial charge in [-0.25, -0.2) is 0 Å². The van der Waals surface area contributed by atoms with E-state index >= 15 is 0 Å². The molecular formula is C14H18O4. The fourth-order valence-corrected chi connectivity index (χ4v) is 1.41. The Labute approximate surface area is 107 Å². The molecule has 18 heavy (non-hydrogen) atoms. The van der Waals surface area contributed by atoms with Crippen molar-refractivity contribution in [1.82, 2.24) is 0 Å². The summed E-state index contributed by atoms with van der Waals surface area (Å²) >= 11 is 0. The van der Waals surface area contributed by atoms with Gasteiger partial charge in [0.05, 0.1) is 20.3 Å². The number of Topliss-reactive ketones (excluding diaryl/α,β-unsaturated/α-hetero) is 1. The van der Waals surface area contributed by atoms with E-state index in [0.29, 0.717) is 13.2 Å². The monoisotopic (exact) mass is 250 g/mol. The van der Waals surface area contributed by atoms with Gasteiger partial charge in [-0.3, -0.25) is 9.59 Å². The zero-order chi connectivity index (χ0) is 13.4. The van der Waals surface area contributed by atoms with Crippen molar-refractivity contribution in [2.24, 2.45) is 5.92 Å². The minimum absolute atomic E-state index is 0.157. The largest absolute Gasteiger partial charge is 0.469 e. The van der Waals surface area contributed by atoms with Crippen molar-refractivity contribution in [2.45, 2.75) is 20.0 Å². The van der Waals surface area contributed by atoms with E-state index in [9.17, 15) is 9.59 Å². The molecule has 0 aliphatic carbocycles. The highest BCUT2D eigenvalue weighted by atomic mass is 16.5. The third kappa shape index (κ3) is 5.10. The van der Waals surface area contributed by atoms with E-state index in [1.165, 1.54) is 7.11 Å². The second kappa shape index (κ2) is 7.61. The Morgan fingerprint density at radius 3 is 2.50 bits per heavy atom. The zero-order valence-electron chi connectivity index (χ0n) is 10.7. The summed E-state index contributed by atoms with van der Waals surface area (Å²) in [5.74, 6) is -0.961. The van der Waals surface area contributed by atoms with Gasteiger partial charge in [-0.15, -0.1) is 0 Å². The number of ketones is 1. The first-order chi connectivity index (χ1) is 8.63. The van der Waals surface area contributed by atoms with Gasteiger partial charge in [-0.1, -0.05) is 37.3 Å². The molecule has 0 bridgehead atoms. The smallest absolute Gasteiger partial charge is 0.313 e. The number of benzene rings is 1. The lowest BCUT2D eigenvalue weighted by Crippen LogP contribution is -2.20. The Bertz CT molecular complexity index is 386. The van der Waals surface area contributed by atoms with Crippen LogP contribution in [0.1, 0.15) is 18.9 Å². The van der Waals surface area contributed by atoms with Gasteiger partial charge in [0.1, 0.15) is 12.2 Å². The van der Waals surface area contributed by atoms with Crippen LogP contribution >= 0.6 is 0 Å². The van der Waals surface area contributed by atoms with Crippen molar-refractivity contribution >= 4 is 11.8 Å². The van der Waals surface area contributed by atoms with Crippen molar-refractivity contribution < 1.29 is 19.1 Å². The van der Waals surface area contributed by atoms with Crippen LogP contribution in [0.2, 0.25) is 0 Å². The highest BCUT2D eigenvalue weighted by molar-refractivity contribution is 5.96. The number of hydrogen-bond acceptors (Lipinski definition) is 4.